The molecule has 1 aliphatic heterocycles. The second kappa shape index (κ2) is 8.26. The highest BCUT2D eigenvalue weighted by molar-refractivity contribution is 7.17. The standard InChI is InChI=1S/C22H26N2O2S/c25-20-9-2-1-5-13-24(20)14-6-12-23-22(26)19-15-17-11-10-16-7-3-4-8-18(16)21(17)27-19/h3-4,7-8,15H,1-2,5-6,9-14H2,(H,23,26). The van der Waals surface area contributed by atoms with Gasteiger partial charge in [0.25, 0.3) is 5.91 Å². The summed E-state index contributed by atoms with van der Waals surface area (Å²) in [6, 6.07) is 10.5. The number of thiophene rings is 1. The zero-order chi connectivity index (χ0) is 18.6. The molecule has 0 unspecified atom stereocenters. The number of carbonyl (C=O) groups excluding carboxylic acids is 2. The summed E-state index contributed by atoms with van der Waals surface area (Å²) in [5.41, 5.74) is 3.95. The molecule has 2 aromatic rings. The average molecular weight is 383 g/mol. The molecule has 2 amide bonds. The number of aryl methyl sites for hydroxylation is 2. The zero-order valence-corrected chi connectivity index (χ0v) is 16.4. The lowest BCUT2D eigenvalue weighted by molar-refractivity contribution is -0.130. The number of carbonyl (C=O) groups is 2. The minimum Gasteiger partial charge on any atom is -0.351 e. The van der Waals surface area contributed by atoms with Gasteiger partial charge in [-0.2, -0.15) is 0 Å². The Morgan fingerprint density at radius 3 is 2.85 bits per heavy atom. The molecule has 0 atom stereocenters. The zero-order valence-electron chi connectivity index (χ0n) is 15.6. The van der Waals surface area contributed by atoms with Crippen molar-refractivity contribution in [3.63, 3.8) is 0 Å². The van der Waals surface area contributed by atoms with Crippen LogP contribution in [0.1, 0.15) is 52.9 Å². The molecule has 2 heterocycles. The van der Waals surface area contributed by atoms with E-state index in [1.54, 1.807) is 11.3 Å². The fourth-order valence-electron chi connectivity index (χ4n) is 4.02. The number of hydrogen-bond acceptors (Lipinski definition) is 3. The molecule has 0 saturated carbocycles. The average Bonchev–Trinajstić information content (AvgIpc) is 3.03. The van der Waals surface area contributed by atoms with Crippen LogP contribution < -0.4 is 5.32 Å². The van der Waals surface area contributed by atoms with Crippen molar-refractivity contribution in [1.82, 2.24) is 10.2 Å². The Labute approximate surface area is 164 Å². The molecule has 0 radical (unpaired) electrons. The van der Waals surface area contributed by atoms with E-state index < -0.39 is 0 Å². The summed E-state index contributed by atoms with van der Waals surface area (Å²) in [6.45, 7) is 2.22. The molecule has 4 rings (SSSR count). The van der Waals surface area contributed by atoms with E-state index in [0.29, 0.717) is 13.0 Å². The molecule has 142 valence electrons. The summed E-state index contributed by atoms with van der Waals surface area (Å²) in [4.78, 5) is 28.6. The summed E-state index contributed by atoms with van der Waals surface area (Å²) in [6.07, 6.45) is 6.79. The van der Waals surface area contributed by atoms with Crippen LogP contribution in [0.2, 0.25) is 0 Å². The highest BCUT2D eigenvalue weighted by Crippen LogP contribution is 2.39. The highest BCUT2D eigenvalue weighted by atomic mass is 32.1. The van der Waals surface area contributed by atoms with E-state index in [-0.39, 0.29) is 11.8 Å². The van der Waals surface area contributed by atoms with Crippen LogP contribution in [0.25, 0.3) is 10.4 Å². The third-order valence-corrected chi connectivity index (χ3v) is 6.73. The summed E-state index contributed by atoms with van der Waals surface area (Å²) < 4.78 is 0. The molecule has 1 aliphatic carbocycles. The Morgan fingerprint density at radius 2 is 1.93 bits per heavy atom. The van der Waals surface area contributed by atoms with Gasteiger partial charge >= 0.3 is 0 Å². The third-order valence-electron chi connectivity index (χ3n) is 5.52. The molecule has 1 N–H and O–H groups in total. The van der Waals surface area contributed by atoms with Crippen molar-refractivity contribution >= 4 is 23.2 Å². The first-order chi connectivity index (χ1) is 13.2. The first kappa shape index (κ1) is 18.2. The number of benzene rings is 1. The fraction of sp³-hybridized carbons (Fsp3) is 0.455. The van der Waals surface area contributed by atoms with Gasteiger partial charge in [0, 0.05) is 30.9 Å². The summed E-state index contributed by atoms with van der Waals surface area (Å²) in [7, 11) is 0. The molecule has 1 aromatic heterocycles. The predicted molar refractivity (Wildman–Crippen MR) is 109 cm³/mol. The van der Waals surface area contributed by atoms with Gasteiger partial charge in [0.05, 0.1) is 4.88 Å². The number of nitrogens with zero attached hydrogens (tertiary/aromatic N) is 1. The van der Waals surface area contributed by atoms with Crippen LogP contribution in [-0.2, 0) is 17.6 Å². The number of likely N-dealkylation sites (tertiary alicyclic amines) is 1. The van der Waals surface area contributed by atoms with Crippen LogP contribution in [0.15, 0.2) is 30.3 Å². The van der Waals surface area contributed by atoms with Gasteiger partial charge in [0.15, 0.2) is 0 Å². The Morgan fingerprint density at radius 1 is 1.07 bits per heavy atom. The highest BCUT2D eigenvalue weighted by Gasteiger charge is 2.21. The Kier molecular flexibility index (Phi) is 5.58. The maximum absolute atomic E-state index is 12.6. The smallest absolute Gasteiger partial charge is 0.261 e. The second-order valence-corrected chi connectivity index (χ2v) is 8.48. The monoisotopic (exact) mass is 382 g/mol. The van der Waals surface area contributed by atoms with E-state index in [1.807, 2.05) is 4.90 Å². The molecule has 27 heavy (non-hydrogen) atoms. The van der Waals surface area contributed by atoms with Gasteiger partial charge in [-0.25, -0.2) is 0 Å². The molecule has 5 heteroatoms. The second-order valence-electron chi connectivity index (χ2n) is 7.42. The lowest BCUT2D eigenvalue weighted by Crippen LogP contribution is -2.33. The molecule has 0 bridgehead atoms. The summed E-state index contributed by atoms with van der Waals surface area (Å²) in [5.74, 6) is 0.275. The van der Waals surface area contributed by atoms with Crippen molar-refractivity contribution in [2.45, 2.75) is 44.9 Å². The fourth-order valence-corrected chi connectivity index (χ4v) is 5.20. The number of rotatable bonds is 5. The van der Waals surface area contributed by atoms with Crippen molar-refractivity contribution in [2.24, 2.45) is 0 Å². The normalized spacial score (nSPS) is 16.4. The van der Waals surface area contributed by atoms with Crippen molar-refractivity contribution in [3.8, 4) is 10.4 Å². The predicted octanol–water partition coefficient (Wildman–Crippen LogP) is 4.04. The van der Waals surface area contributed by atoms with Gasteiger partial charge in [-0.05, 0) is 54.9 Å². The quantitative estimate of drug-likeness (QED) is 0.794. The first-order valence-electron chi connectivity index (χ1n) is 9.99. The van der Waals surface area contributed by atoms with Crippen molar-refractivity contribution in [3.05, 3.63) is 46.3 Å². The lowest BCUT2D eigenvalue weighted by Gasteiger charge is -2.20. The van der Waals surface area contributed by atoms with Crippen LogP contribution in [0.3, 0.4) is 0 Å². The molecule has 4 nitrogen and oxygen atoms in total. The maximum Gasteiger partial charge on any atom is 0.261 e. The van der Waals surface area contributed by atoms with Gasteiger partial charge in [-0.3, -0.25) is 9.59 Å². The molecular weight excluding hydrogens is 356 g/mol. The minimum absolute atomic E-state index is 0.00840. The van der Waals surface area contributed by atoms with Gasteiger partial charge in [0.2, 0.25) is 5.91 Å². The molecule has 1 fully saturated rings. The topological polar surface area (TPSA) is 49.4 Å². The molecule has 2 aliphatic rings. The molecule has 0 spiro atoms. The molecule has 1 saturated heterocycles. The van der Waals surface area contributed by atoms with Gasteiger partial charge in [0.1, 0.15) is 0 Å². The van der Waals surface area contributed by atoms with E-state index in [2.05, 4.69) is 35.6 Å². The van der Waals surface area contributed by atoms with Crippen LogP contribution in [0.4, 0.5) is 0 Å². The first-order valence-corrected chi connectivity index (χ1v) is 10.8. The van der Waals surface area contributed by atoms with Crippen LogP contribution in [-0.4, -0.2) is 36.3 Å². The summed E-state index contributed by atoms with van der Waals surface area (Å²) >= 11 is 1.60. The number of nitrogens with one attached hydrogen (secondary N) is 1. The Bertz CT molecular complexity index is 843. The van der Waals surface area contributed by atoms with Gasteiger partial charge in [-0.1, -0.05) is 30.7 Å². The van der Waals surface area contributed by atoms with Crippen LogP contribution in [0, 0.1) is 0 Å². The van der Waals surface area contributed by atoms with E-state index in [4.69, 9.17) is 0 Å². The largest absolute Gasteiger partial charge is 0.351 e. The van der Waals surface area contributed by atoms with E-state index in [9.17, 15) is 9.59 Å². The summed E-state index contributed by atoms with van der Waals surface area (Å²) in [5, 5.41) is 3.04. The lowest BCUT2D eigenvalue weighted by atomic mass is 9.91. The van der Waals surface area contributed by atoms with E-state index >= 15 is 0 Å². The SMILES string of the molecule is O=C(NCCCN1CCCCCC1=O)c1cc2c(s1)-c1ccccc1CC2. The number of hydrogen-bond donors (Lipinski definition) is 1. The van der Waals surface area contributed by atoms with Crippen molar-refractivity contribution in [1.29, 1.82) is 0 Å². The van der Waals surface area contributed by atoms with Crippen molar-refractivity contribution < 1.29 is 9.59 Å². The van der Waals surface area contributed by atoms with Crippen molar-refractivity contribution in [2.75, 3.05) is 19.6 Å². The molecule has 1 aromatic carbocycles. The Balaban J connectivity index is 1.32. The van der Waals surface area contributed by atoms with Gasteiger partial charge in [-0.15, -0.1) is 11.3 Å². The van der Waals surface area contributed by atoms with E-state index in [0.717, 1.165) is 56.5 Å². The number of amides is 2. The van der Waals surface area contributed by atoms with Crippen LogP contribution in [0.5, 0.6) is 0 Å². The maximum atomic E-state index is 12.6. The Hall–Kier alpha value is -2.14. The van der Waals surface area contributed by atoms with Crippen LogP contribution >= 0.6 is 11.3 Å². The third kappa shape index (κ3) is 4.08. The number of fused-ring (bicyclic) bond motifs is 3. The minimum atomic E-state index is 0.00840. The van der Waals surface area contributed by atoms with E-state index in [1.165, 1.54) is 21.6 Å². The van der Waals surface area contributed by atoms with Gasteiger partial charge < -0.3 is 10.2 Å². The molecular formula is C22H26N2O2S.